The number of nitrogens with one attached hydrogen (secondary N) is 1. The van der Waals surface area contributed by atoms with Gasteiger partial charge in [0.15, 0.2) is 0 Å². The van der Waals surface area contributed by atoms with E-state index >= 15 is 0 Å². The highest BCUT2D eigenvalue weighted by atomic mass is 31.2. The lowest BCUT2D eigenvalue weighted by atomic mass is 10.0. The van der Waals surface area contributed by atoms with Gasteiger partial charge in [0.05, 0.1) is 39.9 Å². The summed E-state index contributed by atoms with van der Waals surface area (Å²) in [7, 11) is 1.32. The minimum Gasteiger partial charge on any atom is -0.756 e. The first-order valence-electron chi connectivity index (χ1n) is 26.4. The number of quaternary nitrogens is 1. The van der Waals surface area contributed by atoms with E-state index < -0.39 is 20.0 Å². The molecule has 360 valence electrons. The van der Waals surface area contributed by atoms with Crippen molar-refractivity contribution < 1.29 is 32.9 Å². The predicted octanol–water partition coefficient (Wildman–Crippen LogP) is 14.7. The van der Waals surface area contributed by atoms with Gasteiger partial charge in [0.25, 0.3) is 7.82 Å². The van der Waals surface area contributed by atoms with Crippen LogP contribution in [0.5, 0.6) is 0 Å². The SMILES string of the molecule is CCCCCCCCCCCCCCCCCCCCCCC(=O)NC(COP(=O)([O-])OCC[N+](C)(C)C)C(O)CCCCCCCCCCCCCCCCCCCC. The number of phosphoric ester groups is 1. The van der Waals surface area contributed by atoms with Crippen LogP contribution in [0.1, 0.15) is 271 Å². The molecule has 0 heterocycles. The molecule has 0 radical (unpaired) electrons. The molecule has 2 N–H and O–H groups in total. The molecule has 3 unspecified atom stereocenters. The molecule has 0 rings (SSSR count). The van der Waals surface area contributed by atoms with E-state index in [1.807, 2.05) is 21.1 Å². The Morgan fingerprint density at radius 3 is 1.13 bits per heavy atom. The van der Waals surface area contributed by atoms with Crippen LogP contribution in [-0.4, -0.2) is 68.5 Å². The summed E-state index contributed by atoms with van der Waals surface area (Å²) in [6, 6.07) is -0.794. The average molecular weight is 873 g/mol. The number of likely N-dealkylation sites (N-methyl/N-ethyl adjacent to an activating group) is 1. The average Bonchev–Trinajstić information content (AvgIpc) is 3.20. The Kier molecular flexibility index (Phi) is 43.4. The van der Waals surface area contributed by atoms with Crippen molar-refractivity contribution in [3.05, 3.63) is 0 Å². The molecule has 1 amide bonds. The lowest BCUT2D eigenvalue weighted by molar-refractivity contribution is -0.870. The number of aliphatic hydroxyl groups excluding tert-OH is 1. The normalized spacial score (nSPS) is 14.1. The third-order valence-corrected chi connectivity index (χ3v) is 13.3. The van der Waals surface area contributed by atoms with Gasteiger partial charge in [-0.25, -0.2) is 0 Å². The molecule has 0 fully saturated rings. The highest BCUT2D eigenvalue weighted by molar-refractivity contribution is 7.45. The molecule has 9 heteroatoms. The maximum absolute atomic E-state index is 12.9. The molecule has 0 aromatic heterocycles. The summed E-state index contributed by atoms with van der Waals surface area (Å²) < 4.78 is 23.4. The van der Waals surface area contributed by atoms with Crippen LogP contribution in [0.3, 0.4) is 0 Å². The third kappa shape index (κ3) is 45.5. The van der Waals surface area contributed by atoms with Crippen LogP contribution in [0.2, 0.25) is 0 Å². The number of unbranched alkanes of at least 4 members (excludes halogenated alkanes) is 36. The molecule has 0 saturated carbocycles. The lowest BCUT2D eigenvalue weighted by Crippen LogP contribution is -2.46. The number of hydrogen-bond donors (Lipinski definition) is 2. The number of rotatable bonds is 49. The fourth-order valence-electron chi connectivity index (χ4n) is 8.16. The number of amides is 1. The molecule has 0 aromatic rings. The number of phosphoric acid groups is 1. The van der Waals surface area contributed by atoms with Crippen LogP contribution in [0.4, 0.5) is 0 Å². The van der Waals surface area contributed by atoms with E-state index in [-0.39, 0.29) is 19.1 Å². The largest absolute Gasteiger partial charge is 0.756 e. The number of carbonyl (C=O) groups is 1. The van der Waals surface area contributed by atoms with Gasteiger partial charge in [-0.3, -0.25) is 9.36 Å². The van der Waals surface area contributed by atoms with Crippen LogP contribution >= 0.6 is 7.82 Å². The van der Waals surface area contributed by atoms with E-state index in [4.69, 9.17) is 9.05 Å². The summed E-state index contributed by atoms with van der Waals surface area (Å²) in [4.78, 5) is 25.5. The molecule has 0 saturated heterocycles. The molecule has 0 aliphatic rings. The van der Waals surface area contributed by atoms with Gasteiger partial charge in [0.1, 0.15) is 13.2 Å². The summed E-state index contributed by atoms with van der Waals surface area (Å²) in [6.45, 7) is 4.77. The Morgan fingerprint density at radius 1 is 0.517 bits per heavy atom. The highest BCUT2D eigenvalue weighted by Gasteiger charge is 2.24. The van der Waals surface area contributed by atoms with Crippen molar-refractivity contribution in [2.45, 2.75) is 283 Å². The maximum Gasteiger partial charge on any atom is 0.268 e. The fourth-order valence-corrected chi connectivity index (χ4v) is 8.88. The summed E-state index contributed by atoms with van der Waals surface area (Å²) >= 11 is 0. The number of carbonyl (C=O) groups excluding carboxylic acids is 1. The summed E-state index contributed by atoms with van der Waals surface area (Å²) in [5, 5.41) is 14.0. The van der Waals surface area contributed by atoms with Gasteiger partial charge in [-0.1, -0.05) is 251 Å². The minimum atomic E-state index is -4.56. The van der Waals surface area contributed by atoms with Gasteiger partial charge in [-0.05, 0) is 12.8 Å². The van der Waals surface area contributed by atoms with Gasteiger partial charge in [0.2, 0.25) is 5.91 Å². The Balaban J connectivity index is 4.20. The Morgan fingerprint density at radius 2 is 0.817 bits per heavy atom. The first kappa shape index (κ1) is 59.5. The van der Waals surface area contributed by atoms with Gasteiger partial charge >= 0.3 is 0 Å². The van der Waals surface area contributed by atoms with Crippen molar-refractivity contribution in [1.82, 2.24) is 5.32 Å². The Labute approximate surface area is 374 Å². The van der Waals surface area contributed by atoms with Crippen molar-refractivity contribution in [3.63, 3.8) is 0 Å². The molecule has 0 aliphatic carbocycles. The zero-order valence-corrected chi connectivity index (χ0v) is 41.8. The first-order valence-corrected chi connectivity index (χ1v) is 27.8. The van der Waals surface area contributed by atoms with Gasteiger partial charge < -0.3 is 28.8 Å². The first-order chi connectivity index (χ1) is 29.0. The lowest BCUT2D eigenvalue weighted by Gasteiger charge is -2.30. The Bertz CT molecular complexity index is 947. The minimum absolute atomic E-state index is 0.0165. The summed E-state index contributed by atoms with van der Waals surface area (Å²) in [6.07, 6.45) is 49.7. The smallest absolute Gasteiger partial charge is 0.268 e. The monoisotopic (exact) mass is 873 g/mol. The van der Waals surface area contributed by atoms with Crippen molar-refractivity contribution >= 4 is 13.7 Å². The zero-order chi connectivity index (χ0) is 44.3. The zero-order valence-electron chi connectivity index (χ0n) is 40.9. The van der Waals surface area contributed by atoms with Gasteiger partial charge in [0, 0.05) is 6.42 Å². The van der Waals surface area contributed by atoms with Crippen LogP contribution in [0, 0.1) is 0 Å². The van der Waals surface area contributed by atoms with Crippen LogP contribution in [-0.2, 0) is 18.4 Å². The highest BCUT2D eigenvalue weighted by Crippen LogP contribution is 2.38. The molecule has 0 bridgehead atoms. The molecule has 0 spiro atoms. The third-order valence-electron chi connectivity index (χ3n) is 12.3. The van der Waals surface area contributed by atoms with Crippen molar-refractivity contribution in [2.24, 2.45) is 0 Å². The second-order valence-corrected chi connectivity index (χ2v) is 21.0. The summed E-state index contributed by atoms with van der Waals surface area (Å²) in [5.41, 5.74) is 0. The molecular weight excluding hydrogens is 768 g/mol. The van der Waals surface area contributed by atoms with E-state index in [9.17, 15) is 19.4 Å². The molecule has 60 heavy (non-hydrogen) atoms. The standard InChI is InChI=1S/C51H105N2O6P/c1-6-8-10-12-14-16-18-20-22-24-26-27-29-31-33-35-37-39-41-43-45-51(55)52-49(48-59-60(56,57)58-47-46-53(3,4)5)50(54)44-42-40-38-36-34-32-30-28-25-23-21-19-17-15-13-11-9-7-2/h49-50,54H,6-48H2,1-5H3,(H-,52,55,56,57). The molecule has 3 atom stereocenters. The molecular formula is C51H105N2O6P. The fraction of sp³-hybridized carbons (Fsp3) is 0.980. The quantitative estimate of drug-likeness (QED) is 0.0358. The van der Waals surface area contributed by atoms with Crippen LogP contribution < -0.4 is 10.2 Å². The second kappa shape index (κ2) is 43.7. The van der Waals surface area contributed by atoms with Crippen LogP contribution in [0.15, 0.2) is 0 Å². The molecule has 0 aliphatic heterocycles. The molecule has 0 aromatic carbocycles. The molecule has 8 nitrogen and oxygen atoms in total. The van der Waals surface area contributed by atoms with E-state index in [2.05, 4.69) is 19.2 Å². The van der Waals surface area contributed by atoms with Crippen LogP contribution in [0.25, 0.3) is 0 Å². The predicted molar refractivity (Wildman–Crippen MR) is 256 cm³/mol. The number of nitrogens with zero attached hydrogens (tertiary/aromatic N) is 1. The number of aliphatic hydroxyl groups is 1. The topological polar surface area (TPSA) is 108 Å². The Hall–Kier alpha value is -0.500. The van der Waals surface area contributed by atoms with Crippen molar-refractivity contribution in [1.29, 1.82) is 0 Å². The summed E-state index contributed by atoms with van der Waals surface area (Å²) in [5.74, 6) is -0.158. The van der Waals surface area contributed by atoms with Gasteiger partial charge in [-0.15, -0.1) is 0 Å². The van der Waals surface area contributed by atoms with Gasteiger partial charge in [-0.2, -0.15) is 0 Å². The van der Waals surface area contributed by atoms with Crippen molar-refractivity contribution in [3.8, 4) is 0 Å². The van der Waals surface area contributed by atoms with E-state index in [1.165, 1.54) is 205 Å². The van der Waals surface area contributed by atoms with E-state index in [0.29, 0.717) is 23.9 Å². The second-order valence-electron chi connectivity index (χ2n) is 19.6. The maximum atomic E-state index is 12.9. The number of hydrogen-bond acceptors (Lipinski definition) is 6. The van der Waals surface area contributed by atoms with Crippen molar-refractivity contribution in [2.75, 3.05) is 40.9 Å². The van der Waals surface area contributed by atoms with E-state index in [1.54, 1.807) is 0 Å². The van der Waals surface area contributed by atoms with E-state index in [0.717, 1.165) is 38.5 Å².